The third-order valence-electron chi connectivity index (χ3n) is 4.29. The van der Waals surface area contributed by atoms with Crippen LogP contribution in [0.4, 0.5) is 17.1 Å². The molecule has 1 atom stereocenters. The first kappa shape index (κ1) is 22.9. The van der Waals surface area contributed by atoms with Crippen LogP contribution in [0.3, 0.4) is 0 Å². The van der Waals surface area contributed by atoms with E-state index in [1.165, 1.54) is 32.4 Å². The summed E-state index contributed by atoms with van der Waals surface area (Å²) in [5, 5.41) is 13.8. The summed E-state index contributed by atoms with van der Waals surface area (Å²) in [5.41, 5.74) is 0.0675. The molecule has 10 nitrogen and oxygen atoms in total. The number of nitrogens with zero attached hydrogens (tertiary/aromatic N) is 2. The van der Waals surface area contributed by atoms with Crippen LogP contribution in [0.25, 0.3) is 0 Å². The van der Waals surface area contributed by atoms with Gasteiger partial charge in [0, 0.05) is 18.2 Å². The van der Waals surface area contributed by atoms with Crippen molar-refractivity contribution in [2.45, 2.75) is 19.4 Å². The summed E-state index contributed by atoms with van der Waals surface area (Å²) in [7, 11) is -1.02. The molecule has 162 valence electrons. The Morgan fingerprint density at radius 2 is 1.90 bits per heavy atom. The van der Waals surface area contributed by atoms with Gasteiger partial charge >= 0.3 is 0 Å². The number of nitro groups is 1. The van der Waals surface area contributed by atoms with Gasteiger partial charge in [0.05, 0.1) is 36.8 Å². The van der Waals surface area contributed by atoms with E-state index >= 15 is 0 Å². The summed E-state index contributed by atoms with van der Waals surface area (Å²) >= 11 is 0. The van der Waals surface area contributed by atoms with Gasteiger partial charge in [-0.3, -0.25) is 19.2 Å². The van der Waals surface area contributed by atoms with Crippen LogP contribution in [0, 0.1) is 10.1 Å². The molecule has 1 amide bonds. The van der Waals surface area contributed by atoms with Gasteiger partial charge in [-0.1, -0.05) is 13.0 Å². The van der Waals surface area contributed by atoms with Gasteiger partial charge in [0.15, 0.2) is 0 Å². The fourth-order valence-electron chi connectivity index (χ4n) is 2.92. The Hall–Kier alpha value is -3.34. The SMILES string of the molecule is CC[C@@H](C(=O)Nc1ccc(OC)cc1OC)N(c1cccc([N+](=O)[O-])c1)S(C)(=O)=O. The summed E-state index contributed by atoms with van der Waals surface area (Å²) in [6.45, 7) is 1.64. The smallest absolute Gasteiger partial charge is 0.271 e. The number of methoxy groups -OCH3 is 2. The van der Waals surface area contributed by atoms with Gasteiger partial charge in [0.1, 0.15) is 17.5 Å². The zero-order valence-corrected chi connectivity index (χ0v) is 17.8. The molecular weight excluding hydrogens is 414 g/mol. The number of amides is 1. The Labute approximate surface area is 174 Å². The number of hydrogen-bond acceptors (Lipinski definition) is 7. The molecule has 0 saturated carbocycles. The Morgan fingerprint density at radius 1 is 1.20 bits per heavy atom. The van der Waals surface area contributed by atoms with Gasteiger partial charge in [-0.05, 0) is 24.6 Å². The molecule has 0 radical (unpaired) electrons. The van der Waals surface area contributed by atoms with Gasteiger partial charge in [-0.25, -0.2) is 8.42 Å². The number of nitrogens with one attached hydrogen (secondary N) is 1. The molecule has 0 aliphatic rings. The van der Waals surface area contributed by atoms with Crippen LogP contribution in [0.15, 0.2) is 42.5 Å². The van der Waals surface area contributed by atoms with E-state index < -0.39 is 26.9 Å². The minimum Gasteiger partial charge on any atom is -0.497 e. The van der Waals surface area contributed by atoms with E-state index in [0.717, 1.165) is 16.6 Å². The Bertz CT molecular complexity index is 1040. The summed E-state index contributed by atoms with van der Waals surface area (Å²) in [6, 6.07) is 8.74. The number of carbonyl (C=O) groups is 1. The molecule has 11 heteroatoms. The van der Waals surface area contributed by atoms with Gasteiger partial charge < -0.3 is 14.8 Å². The van der Waals surface area contributed by atoms with E-state index in [1.807, 2.05) is 0 Å². The van der Waals surface area contributed by atoms with Crippen LogP contribution in [-0.2, 0) is 14.8 Å². The lowest BCUT2D eigenvalue weighted by atomic mass is 10.1. The molecule has 1 N–H and O–H groups in total. The van der Waals surface area contributed by atoms with Crippen LogP contribution in [0.2, 0.25) is 0 Å². The van der Waals surface area contributed by atoms with Crippen molar-refractivity contribution < 1.29 is 27.6 Å². The maximum absolute atomic E-state index is 13.0. The van der Waals surface area contributed by atoms with Crippen LogP contribution in [0.1, 0.15) is 13.3 Å². The van der Waals surface area contributed by atoms with E-state index in [2.05, 4.69) is 5.32 Å². The normalized spacial score (nSPS) is 12.0. The van der Waals surface area contributed by atoms with Crippen molar-refractivity contribution >= 4 is 33.0 Å². The largest absolute Gasteiger partial charge is 0.497 e. The number of hydrogen-bond donors (Lipinski definition) is 1. The first-order valence-corrected chi connectivity index (χ1v) is 10.7. The highest BCUT2D eigenvalue weighted by molar-refractivity contribution is 7.92. The van der Waals surface area contributed by atoms with Gasteiger partial charge in [-0.2, -0.15) is 0 Å². The topological polar surface area (TPSA) is 128 Å². The second-order valence-electron chi connectivity index (χ2n) is 6.32. The second-order valence-corrected chi connectivity index (χ2v) is 8.17. The van der Waals surface area contributed by atoms with Crippen LogP contribution < -0.4 is 19.1 Å². The summed E-state index contributed by atoms with van der Waals surface area (Å²) < 4.78 is 36.3. The van der Waals surface area contributed by atoms with Crippen molar-refractivity contribution in [1.82, 2.24) is 0 Å². The van der Waals surface area contributed by atoms with Crippen molar-refractivity contribution in [3.8, 4) is 11.5 Å². The number of anilines is 2. The first-order chi connectivity index (χ1) is 14.1. The number of rotatable bonds is 9. The van der Waals surface area contributed by atoms with E-state index in [4.69, 9.17) is 9.47 Å². The standard InChI is InChI=1S/C19H23N3O7S/c1-5-17(19(23)20-16-10-9-15(28-2)12-18(16)29-3)21(30(4,26)27)13-7-6-8-14(11-13)22(24)25/h6-12,17H,5H2,1-4H3,(H,20,23)/t17-/m0/s1. The lowest BCUT2D eigenvalue weighted by Gasteiger charge is -2.30. The zero-order chi connectivity index (χ0) is 22.5. The maximum Gasteiger partial charge on any atom is 0.271 e. The molecule has 0 spiro atoms. The lowest BCUT2D eigenvalue weighted by molar-refractivity contribution is -0.384. The van der Waals surface area contributed by atoms with Gasteiger partial charge in [0.2, 0.25) is 15.9 Å². The third kappa shape index (κ3) is 5.17. The number of non-ortho nitro benzene ring substituents is 1. The molecule has 0 heterocycles. The molecule has 0 aromatic heterocycles. The number of nitro benzene ring substituents is 1. The summed E-state index contributed by atoms with van der Waals surface area (Å²) in [4.78, 5) is 23.5. The highest BCUT2D eigenvalue weighted by atomic mass is 32.2. The van der Waals surface area contributed by atoms with Gasteiger partial charge in [-0.15, -0.1) is 0 Å². The molecule has 0 saturated heterocycles. The molecule has 2 aromatic carbocycles. The quantitative estimate of drug-likeness (QED) is 0.472. The van der Waals surface area contributed by atoms with E-state index in [9.17, 15) is 23.3 Å². The van der Waals surface area contributed by atoms with E-state index in [0.29, 0.717) is 17.2 Å². The lowest BCUT2D eigenvalue weighted by Crippen LogP contribution is -2.47. The predicted octanol–water partition coefficient (Wildman–Crippen LogP) is 2.80. The van der Waals surface area contributed by atoms with Crippen molar-refractivity contribution in [2.24, 2.45) is 0 Å². The minimum atomic E-state index is -3.94. The van der Waals surface area contributed by atoms with E-state index in [1.54, 1.807) is 25.1 Å². The van der Waals surface area contributed by atoms with E-state index in [-0.39, 0.29) is 17.8 Å². The van der Waals surface area contributed by atoms with Crippen LogP contribution >= 0.6 is 0 Å². The van der Waals surface area contributed by atoms with Crippen molar-refractivity contribution in [2.75, 3.05) is 30.1 Å². The molecule has 0 unspecified atom stereocenters. The number of benzene rings is 2. The number of ether oxygens (including phenoxy) is 2. The average Bonchev–Trinajstić information content (AvgIpc) is 2.71. The van der Waals surface area contributed by atoms with Crippen LogP contribution in [0.5, 0.6) is 11.5 Å². The third-order valence-corrected chi connectivity index (χ3v) is 5.47. The first-order valence-electron chi connectivity index (χ1n) is 8.89. The Kier molecular flexibility index (Phi) is 7.22. The van der Waals surface area contributed by atoms with Crippen molar-refractivity contribution in [1.29, 1.82) is 0 Å². The molecule has 0 fully saturated rings. The monoisotopic (exact) mass is 437 g/mol. The molecule has 0 aliphatic carbocycles. The molecule has 30 heavy (non-hydrogen) atoms. The molecule has 0 bridgehead atoms. The van der Waals surface area contributed by atoms with Gasteiger partial charge in [0.25, 0.3) is 5.69 Å². The number of sulfonamides is 1. The second kappa shape index (κ2) is 9.44. The summed E-state index contributed by atoms with van der Waals surface area (Å²) in [5.74, 6) is 0.239. The fourth-order valence-corrected chi connectivity index (χ4v) is 4.13. The Morgan fingerprint density at radius 3 is 2.43 bits per heavy atom. The fraction of sp³-hybridized carbons (Fsp3) is 0.316. The number of carbonyl (C=O) groups excluding carboxylic acids is 1. The average molecular weight is 437 g/mol. The minimum absolute atomic E-state index is 0.0235. The molecule has 2 aromatic rings. The zero-order valence-electron chi connectivity index (χ0n) is 17.0. The molecule has 2 rings (SSSR count). The molecule has 0 aliphatic heterocycles. The Balaban J connectivity index is 2.44. The predicted molar refractivity (Wildman–Crippen MR) is 113 cm³/mol. The van der Waals surface area contributed by atoms with Crippen molar-refractivity contribution in [3.05, 3.63) is 52.6 Å². The molecular formula is C19H23N3O7S. The maximum atomic E-state index is 13.0. The highest BCUT2D eigenvalue weighted by Crippen LogP contribution is 2.31. The van der Waals surface area contributed by atoms with Crippen LogP contribution in [-0.4, -0.2) is 45.8 Å². The highest BCUT2D eigenvalue weighted by Gasteiger charge is 2.32. The van der Waals surface area contributed by atoms with Crippen molar-refractivity contribution in [3.63, 3.8) is 0 Å². The summed E-state index contributed by atoms with van der Waals surface area (Å²) in [6.07, 6.45) is 1.07.